The van der Waals surface area contributed by atoms with E-state index in [4.69, 9.17) is 33.7 Å². The molecule has 0 bridgehead atoms. The Kier molecular flexibility index (Phi) is 4.86. The smallest absolute Gasteiger partial charge is 0.131 e. The highest BCUT2D eigenvalue weighted by Crippen LogP contribution is 2.24. The third-order valence-electron chi connectivity index (χ3n) is 2.87. The molecule has 0 aliphatic carbocycles. The van der Waals surface area contributed by atoms with Gasteiger partial charge in [0.1, 0.15) is 18.2 Å². The van der Waals surface area contributed by atoms with Crippen molar-refractivity contribution in [1.29, 1.82) is 0 Å². The standard InChI is InChI=1S/C15H14Cl2FNO/c1-9(19)13-5-4-12(7-15(13)18)20-8-10-2-3-11(16)6-14(10)17/h2-7,9H,8,19H2,1H3/t9-/m0/s1. The van der Waals surface area contributed by atoms with Crippen LogP contribution in [0.5, 0.6) is 5.75 Å². The minimum absolute atomic E-state index is 0.243. The van der Waals surface area contributed by atoms with Crippen molar-refractivity contribution >= 4 is 23.2 Å². The van der Waals surface area contributed by atoms with Crippen molar-refractivity contribution in [3.05, 3.63) is 63.4 Å². The van der Waals surface area contributed by atoms with Gasteiger partial charge in [-0.1, -0.05) is 35.3 Å². The molecule has 0 aromatic heterocycles. The molecule has 106 valence electrons. The predicted octanol–water partition coefficient (Wildman–Crippen LogP) is 4.73. The van der Waals surface area contributed by atoms with Crippen LogP contribution in [0.15, 0.2) is 36.4 Å². The first-order valence-corrected chi connectivity index (χ1v) is 6.84. The molecular formula is C15H14Cl2FNO. The van der Waals surface area contributed by atoms with Crippen molar-refractivity contribution in [2.75, 3.05) is 0 Å². The summed E-state index contributed by atoms with van der Waals surface area (Å²) in [5.74, 6) is 0.0534. The Morgan fingerprint density at radius 1 is 1.20 bits per heavy atom. The molecule has 2 aromatic carbocycles. The van der Waals surface area contributed by atoms with Gasteiger partial charge >= 0.3 is 0 Å². The first-order valence-electron chi connectivity index (χ1n) is 6.09. The zero-order valence-corrected chi connectivity index (χ0v) is 12.4. The Balaban J connectivity index is 2.09. The van der Waals surface area contributed by atoms with Crippen LogP contribution < -0.4 is 10.5 Å². The molecule has 0 spiro atoms. The second-order valence-electron chi connectivity index (χ2n) is 4.50. The lowest BCUT2D eigenvalue weighted by Crippen LogP contribution is -2.07. The van der Waals surface area contributed by atoms with Crippen LogP contribution in [0.2, 0.25) is 10.0 Å². The molecule has 0 radical (unpaired) electrons. The second kappa shape index (κ2) is 6.44. The quantitative estimate of drug-likeness (QED) is 0.885. The molecule has 20 heavy (non-hydrogen) atoms. The summed E-state index contributed by atoms with van der Waals surface area (Å²) in [6.07, 6.45) is 0. The van der Waals surface area contributed by atoms with Gasteiger partial charge in [0.15, 0.2) is 0 Å². The molecule has 5 heteroatoms. The molecule has 0 saturated heterocycles. The van der Waals surface area contributed by atoms with Gasteiger partial charge in [0.2, 0.25) is 0 Å². The summed E-state index contributed by atoms with van der Waals surface area (Å²) in [6, 6.07) is 9.42. The summed E-state index contributed by atoms with van der Waals surface area (Å²) in [4.78, 5) is 0. The highest BCUT2D eigenvalue weighted by atomic mass is 35.5. The maximum Gasteiger partial charge on any atom is 0.131 e. The van der Waals surface area contributed by atoms with Gasteiger partial charge < -0.3 is 10.5 Å². The van der Waals surface area contributed by atoms with Gasteiger partial charge in [-0.25, -0.2) is 4.39 Å². The van der Waals surface area contributed by atoms with Crippen LogP contribution >= 0.6 is 23.2 Å². The zero-order chi connectivity index (χ0) is 14.7. The van der Waals surface area contributed by atoms with Crippen LogP contribution in [0.4, 0.5) is 4.39 Å². The van der Waals surface area contributed by atoms with E-state index in [0.29, 0.717) is 21.4 Å². The van der Waals surface area contributed by atoms with E-state index in [1.165, 1.54) is 6.07 Å². The van der Waals surface area contributed by atoms with E-state index < -0.39 is 0 Å². The molecule has 0 heterocycles. The van der Waals surface area contributed by atoms with E-state index >= 15 is 0 Å². The summed E-state index contributed by atoms with van der Waals surface area (Å²) < 4.78 is 19.3. The second-order valence-corrected chi connectivity index (χ2v) is 5.34. The van der Waals surface area contributed by atoms with Crippen LogP contribution in [-0.4, -0.2) is 0 Å². The molecular weight excluding hydrogens is 300 g/mol. The minimum atomic E-state index is -0.375. The van der Waals surface area contributed by atoms with Gasteiger partial charge in [-0.05, 0) is 25.1 Å². The highest BCUT2D eigenvalue weighted by molar-refractivity contribution is 6.35. The van der Waals surface area contributed by atoms with Gasteiger partial charge in [-0.15, -0.1) is 0 Å². The molecule has 2 aromatic rings. The van der Waals surface area contributed by atoms with Crippen LogP contribution in [0.25, 0.3) is 0 Å². The molecule has 2 nitrogen and oxygen atoms in total. The monoisotopic (exact) mass is 313 g/mol. The van der Waals surface area contributed by atoms with E-state index in [0.717, 1.165) is 5.56 Å². The Morgan fingerprint density at radius 2 is 1.95 bits per heavy atom. The lowest BCUT2D eigenvalue weighted by atomic mass is 10.1. The summed E-state index contributed by atoms with van der Waals surface area (Å²) in [7, 11) is 0. The third kappa shape index (κ3) is 3.63. The summed E-state index contributed by atoms with van der Waals surface area (Å²) in [5, 5.41) is 1.08. The molecule has 2 rings (SSSR count). The number of benzene rings is 2. The Hall–Kier alpha value is -1.29. The van der Waals surface area contributed by atoms with Crippen molar-refractivity contribution in [3.8, 4) is 5.75 Å². The van der Waals surface area contributed by atoms with Crippen molar-refractivity contribution in [2.45, 2.75) is 19.6 Å². The fraction of sp³-hybridized carbons (Fsp3) is 0.200. The molecule has 1 atom stereocenters. The van der Waals surface area contributed by atoms with Crippen molar-refractivity contribution in [2.24, 2.45) is 5.73 Å². The fourth-order valence-electron chi connectivity index (χ4n) is 1.77. The first kappa shape index (κ1) is 15.1. The normalized spacial score (nSPS) is 12.2. The van der Waals surface area contributed by atoms with Crippen molar-refractivity contribution < 1.29 is 9.13 Å². The van der Waals surface area contributed by atoms with Crippen LogP contribution in [0.3, 0.4) is 0 Å². The maximum atomic E-state index is 13.8. The molecule has 0 amide bonds. The van der Waals surface area contributed by atoms with Crippen molar-refractivity contribution in [3.63, 3.8) is 0 Å². The molecule has 0 fully saturated rings. The molecule has 0 aliphatic heterocycles. The average Bonchev–Trinajstić information content (AvgIpc) is 2.37. The number of halogens is 3. The predicted molar refractivity (Wildman–Crippen MR) is 79.8 cm³/mol. The lowest BCUT2D eigenvalue weighted by molar-refractivity contribution is 0.304. The SMILES string of the molecule is C[C@H](N)c1ccc(OCc2ccc(Cl)cc2Cl)cc1F. The Labute approximate surface area is 127 Å². The maximum absolute atomic E-state index is 13.8. The molecule has 0 aliphatic rings. The number of rotatable bonds is 4. The highest BCUT2D eigenvalue weighted by Gasteiger charge is 2.09. The van der Waals surface area contributed by atoms with E-state index in [9.17, 15) is 4.39 Å². The molecule has 2 N–H and O–H groups in total. The van der Waals surface area contributed by atoms with Crippen LogP contribution in [0, 0.1) is 5.82 Å². The van der Waals surface area contributed by atoms with Crippen LogP contribution in [0.1, 0.15) is 24.1 Å². The Morgan fingerprint density at radius 3 is 2.55 bits per heavy atom. The van der Waals surface area contributed by atoms with E-state index in [2.05, 4.69) is 0 Å². The number of nitrogens with two attached hydrogens (primary N) is 1. The van der Waals surface area contributed by atoms with Gasteiger partial charge in [0, 0.05) is 33.3 Å². The molecule has 0 saturated carbocycles. The topological polar surface area (TPSA) is 35.2 Å². The van der Waals surface area contributed by atoms with E-state index in [1.807, 2.05) is 0 Å². The van der Waals surface area contributed by atoms with Gasteiger partial charge in [-0.3, -0.25) is 0 Å². The zero-order valence-electron chi connectivity index (χ0n) is 10.9. The van der Waals surface area contributed by atoms with Gasteiger partial charge in [-0.2, -0.15) is 0 Å². The number of ether oxygens (including phenoxy) is 1. The molecule has 0 unspecified atom stereocenters. The third-order valence-corrected chi connectivity index (χ3v) is 3.46. The summed E-state index contributed by atoms with van der Waals surface area (Å²) >= 11 is 11.9. The summed E-state index contributed by atoms with van der Waals surface area (Å²) in [5.41, 5.74) is 6.90. The average molecular weight is 314 g/mol. The number of hydrogen-bond donors (Lipinski definition) is 1. The largest absolute Gasteiger partial charge is 0.489 e. The lowest BCUT2D eigenvalue weighted by Gasteiger charge is -2.11. The van der Waals surface area contributed by atoms with E-state index in [1.54, 1.807) is 37.3 Å². The van der Waals surface area contributed by atoms with E-state index in [-0.39, 0.29) is 18.5 Å². The fourth-order valence-corrected chi connectivity index (χ4v) is 2.23. The van der Waals surface area contributed by atoms with Crippen LogP contribution in [-0.2, 0) is 6.61 Å². The van der Waals surface area contributed by atoms with Crippen molar-refractivity contribution in [1.82, 2.24) is 0 Å². The first-order chi connectivity index (χ1) is 9.47. The minimum Gasteiger partial charge on any atom is -0.489 e. The van der Waals surface area contributed by atoms with Gasteiger partial charge in [0.05, 0.1) is 0 Å². The summed E-state index contributed by atoms with van der Waals surface area (Å²) in [6.45, 7) is 1.97. The van der Waals surface area contributed by atoms with Gasteiger partial charge in [0.25, 0.3) is 0 Å². The Bertz CT molecular complexity index is 617. The number of hydrogen-bond acceptors (Lipinski definition) is 2.